The molecule has 1 N–H and O–H groups in total. The zero-order valence-corrected chi connectivity index (χ0v) is 6.33. The summed E-state index contributed by atoms with van der Waals surface area (Å²) in [6.45, 7) is 2.17. The van der Waals surface area contributed by atoms with E-state index in [1.807, 2.05) is 12.1 Å². The molecule has 0 bridgehead atoms. The number of hydrogen-bond acceptors (Lipinski definition) is 3. The average Bonchev–Trinajstić information content (AvgIpc) is 2.58. The Morgan fingerprint density at radius 1 is 1.55 bits per heavy atom. The van der Waals surface area contributed by atoms with E-state index < -0.39 is 0 Å². The second kappa shape index (κ2) is 2.96. The van der Waals surface area contributed by atoms with Gasteiger partial charge in [0, 0.05) is 18.7 Å². The SMILES string of the molecule is c1cnnc([C@@H]2CCNC2)c1. The molecule has 3 heteroatoms. The molecule has 0 saturated carbocycles. The molecule has 1 saturated heterocycles. The summed E-state index contributed by atoms with van der Waals surface area (Å²) >= 11 is 0. The lowest BCUT2D eigenvalue weighted by molar-refractivity contribution is 0.714. The number of hydrogen-bond donors (Lipinski definition) is 1. The molecule has 0 spiro atoms. The fourth-order valence-electron chi connectivity index (χ4n) is 1.44. The van der Waals surface area contributed by atoms with Gasteiger partial charge in [-0.3, -0.25) is 0 Å². The highest BCUT2D eigenvalue weighted by Crippen LogP contribution is 2.18. The van der Waals surface area contributed by atoms with E-state index in [9.17, 15) is 0 Å². The molecular formula is C8H11N3. The molecule has 11 heavy (non-hydrogen) atoms. The first-order chi connectivity index (χ1) is 5.47. The van der Waals surface area contributed by atoms with Crippen molar-refractivity contribution in [2.75, 3.05) is 13.1 Å². The van der Waals surface area contributed by atoms with Crippen molar-refractivity contribution >= 4 is 0 Å². The lowest BCUT2D eigenvalue weighted by atomic mass is 10.1. The number of nitrogens with zero attached hydrogens (tertiary/aromatic N) is 2. The first-order valence-corrected chi connectivity index (χ1v) is 3.95. The van der Waals surface area contributed by atoms with Crippen LogP contribution in [0.5, 0.6) is 0 Å². The van der Waals surface area contributed by atoms with Crippen LogP contribution in [0.25, 0.3) is 0 Å². The van der Waals surface area contributed by atoms with Crippen molar-refractivity contribution in [1.82, 2.24) is 15.5 Å². The van der Waals surface area contributed by atoms with Gasteiger partial charge in [-0.05, 0) is 25.1 Å². The topological polar surface area (TPSA) is 37.8 Å². The summed E-state index contributed by atoms with van der Waals surface area (Å²) in [5.41, 5.74) is 1.12. The highest BCUT2D eigenvalue weighted by atomic mass is 15.1. The van der Waals surface area contributed by atoms with E-state index in [1.54, 1.807) is 6.20 Å². The minimum Gasteiger partial charge on any atom is -0.316 e. The van der Waals surface area contributed by atoms with Crippen molar-refractivity contribution < 1.29 is 0 Å². The molecule has 1 aliphatic rings. The molecule has 1 atom stereocenters. The fourth-order valence-corrected chi connectivity index (χ4v) is 1.44. The van der Waals surface area contributed by atoms with Gasteiger partial charge in [-0.15, -0.1) is 0 Å². The van der Waals surface area contributed by atoms with E-state index in [1.165, 1.54) is 6.42 Å². The Morgan fingerprint density at radius 2 is 2.55 bits per heavy atom. The van der Waals surface area contributed by atoms with Crippen LogP contribution >= 0.6 is 0 Å². The Morgan fingerprint density at radius 3 is 3.18 bits per heavy atom. The molecule has 0 aromatic carbocycles. The Labute approximate surface area is 65.8 Å². The second-order valence-corrected chi connectivity index (χ2v) is 2.84. The fraction of sp³-hybridized carbons (Fsp3) is 0.500. The maximum Gasteiger partial charge on any atom is 0.0675 e. The lowest BCUT2D eigenvalue weighted by Crippen LogP contribution is -2.09. The Balaban J connectivity index is 2.16. The Kier molecular flexibility index (Phi) is 1.81. The molecule has 1 aromatic rings. The van der Waals surface area contributed by atoms with Crippen molar-refractivity contribution in [2.24, 2.45) is 0 Å². The summed E-state index contributed by atoms with van der Waals surface area (Å²) in [5.74, 6) is 0.587. The minimum absolute atomic E-state index is 0.587. The molecule has 1 aromatic heterocycles. The predicted molar refractivity (Wildman–Crippen MR) is 42.3 cm³/mol. The molecule has 0 amide bonds. The number of nitrogens with one attached hydrogen (secondary N) is 1. The molecule has 3 nitrogen and oxygen atoms in total. The monoisotopic (exact) mass is 149 g/mol. The Hall–Kier alpha value is -0.960. The number of rotatable bonds is 1. The zero-order chi connectivity index (χ0) is 7.52. The van der Waals surface area contributed by atoms with Gasteiger partial charge >= 0.3 is 0 Å². The van der Waals surface area contributed by atoms with Crippen molar-refractivity contribution in [3.8, 4) is 0 Å². The summed E-state index contributed by atoms with van der Waals surface area (Å²) in [6, 6.07) is 3.99. The van der Waals surface area contributed by atoms with E-state index >= 15 is 0 Å². The van der Waals surface area contributed by atoms with Crippen LogP contribution in [0.15, 0.2) is 18.3 Å². The van der Waals surface area contributed by atoms with Crippen LogP contribution in [-0.4, -0.2) is 23.3 Å². The molecule has 0 unspecified atom stereocenters. The van der Waals surface area contributed by atoms with Gasteiger partial charge in [0.1, 0.15) is 0 Å². The molecule has 2 heterocycles. The summed E-state index contributed by atoms with van der Waals surface area (Å²) in [7, 11) is 0. The van der Waals surface area contributed by atoms with Crippen LogP contribution in [0.1, 0.15) is 18.0 Å². The largest absolute Gasteiger partial charge is 0.316 e. The summed E-state index contributed by atoms with van der Waals surface area (Å²) in [4.78, 5) is 0. The number of aromatic nitrogens is 2. The van der Waals surface area contributed by atoms with E-state index in [0.717, 1.165) is 18.8 Å². The quantitative estimate of drug-likeness (QED) is 0.633. The van der Waals surface area contributed by atoms with Gasteiger partial charge in [0.05, 0.1) is 5.69 Å². The van der Waals surface area contributed by atoms with Gasteiger partial charge in [-0.25, -0.2) is 0 Å². The van der Waals surface area contributed by atoms with Gasteiger partial charge < -0.3 is 5.32 Å². The first-order valence-electron chi connectivity index (χ1n) is 3.95. The third-order valence-electron chi connectivity index (χ3n) is 2.07. The molecule has 1 aliphatic heterocycles. The molecule has 58 valence electrons. The standard InChI is InChI=1S/C8H11N3/c1-2-8(11-10-4-1)7-3-5-9-6-7/h1-2,4,7,9H,3,5-6H2/t7-/m1/s1. The van der Waals surface area contributed by atoms with E-state index in [-0.39, 0.29) is 0 Å². The minimum atomic E-state index is 0.587. The van der Waals surface area contributed by atoms with Gasteiger partial charge in [0.25, 0.3) is 0 Å². The molecular weight excluding hydrogens is 138 g/mol. The van der Waals surface area contributed by atoms with Crippen molar-refractivity contribution in [3.63, 3.8) is 0 Å². The third kappa shape index (κ3) is 1.38. The first kappa shape index (κ1) is 6.73. The smallest absolute Gasteiger partial charge is 0.0675 e. The van der Waals surface area contributed by atoms with Crippen LogP contribution < -0.4 is 5.32 Å². The van der Waals surface area contributed by atoms with Crippen LogP contribution in [-0.2, 0) is 0 Å². The van der Waals surface area contributed by atoms with Crippen molar-refractivity contribution in [3.05, 3.63) is 24.0 Å². The van der Waals surface area contributed by atoms with Crippen LogP contribution in [0, 0.1) is 0 Å². The molecule has 2 rings (SSSR count). The predicted octanol–water partition coefficient (Wildman–Crippen LogP) is 0.554. The summed E-state index contributed by atoms with van der Waals surface area (Å²) in [6.07, 6.45) is 2.91. The third-order valence-corrected chi connectivity index (χ3v) is 2.07. The highest BCUT2D eigenvalue weighted by molar-refractivity contribution is 5.08. The normalized spacial score (nSPS) is 23.8. The van der Waals surface area contributed by atoms with E-state index in [2.05, 4.69) is 15.5 Å². The van der Waals surface area contributed by atoms with Gasteiger partial charge in [0.15, 0.2) is 0 Å². The van der Waals surface area contributed by atoms with Crippen molar-refractivity contribution in [2.45, 2.75) is 12.3 Å². The van der Waals surface area contributed by atoms with Gasteiger partial charge in [0.2, 0.25) is 0 Å². The van der Waals surface area contributed by atoms with E-state index in [0.29, 0.717) is 5.92 Å². The highest BCUT2D eigenvalue weighted by Gasteiger charge is 2.17. The van der Waals surface area contributed by atoms with Gasteiger partial charge in [-0.1, -0.05) is 0 Å². The summed E-state index contributed by atoms with van der Waals surface area (Å²) < 4.78 is 0. The second-order valence-electron chi connectivity index (χ2n) is 2.84. The molecule has 0 radical (unpaired) electrons. The zero-order valence-electron chi connectivity index (χ0n) is 6.33. The van der Waals surface area contributed by atoms with Gasteiger partial charge in [-0.2, -0.15) is 10.2 Å². The Bertz CT molecular complexity index is 216. The lowest BCUT2D eigenvalue weighted by Gasteiger charge is -2.04. The maximum atomic E-state index is 4.07. The van der Waals surface area contributed by atoms with Crippen LogP contribution in [0.4, 0.5) is 0 Å². The molecule has 1 fully saturated rings. The average molecular weight is 149 g/mol. The van der Waals surface area contributed by atoms with Crippen molar-refractivity contribution in [1.29, 1.82) is 0 Å². The molecule has 0 aliphatic carbocycles. The maximum absolute atomic E-state index is 4.07. The van der Waals surface area contributed by atoms with Crippen LogP contribution in [0.2, 0.25) is 0 Å². The summed E-state index contributed by atoms with van der Waals surface area (Å²) in [5, 5.41) is 11.2. The van der Waals surface area contributed by atoms with Crippen LogP contribution in [0.3, 0.4) is 0 Å². The van der Waals surface area contributed by atoms with E-state index in [4.69, 9.17) is 0 Å².